The van der Waals surface area contributed by atoms with Crippen molar-refractivity contribution in [3.05, 3.63) is 65.7 Å². The number of hydrogen-bond donors (Lipinski definition) is 8. The molecule has 0 aliphatic carbocycles. The number of nitrogens with one attached hydrogen (secondary N) is 5. The lowest BCUT2D eigenvalue weighted by Crippen LogP contribution is -2.60. The summed E-state index contributed by atoms with van der Waals surface area (Å²) in [5, 5.41) is 22.7. The van der Waals surface area contributed by atoms with E-state index in [1.807, 2.05) is 0 Å². The van der Waals surface area contributed by atoms with Crippen LogP contribution < -0.4 is 38.1 Å². The minimum Gasteiger partial charge on any atom is -0.508 e. The van der Waals surface area contributed by atoms with Crippen molar-refractivity contribution in [2.24, 2.45) is 11.5 Å². The van der Waals surface area contributed by atoms with Gasteiger partial charge in [0.25, 0.3) is 0 Å². The minimum atomic E-state index is -1.36. The Kier molecular flexibility index (Phi) is 14.5. The van der Waals surface area contributed by atoms with E-state index < -0.39 is 84.5 Å². The Balaban J connectivity index is 1.52. The summed E-state index contributed by atoms with van der Waals surface area (Å²) < 4.78 is 0. The Bertz CT molecular complexity index is 1590. The van der Waals surface area contributed by atoms with Gasteiger partial charge in [0, 0.05) is 19.5 Å². The fraction of sp³-hybridized carbons (Fsp3) is 0.472. The maximum atomic E-state index is 13.8. The molecule has 16 nitrogen and oxygen atoms in total. The van der Waals surface area contributed by atoms with Crippen LogP contribution in [0.2, 0.25) is 0 Å². The largest absolute Gasteiger partial charge is 0.508 e. The highest BCUT2D eigenvalue weighted by molar-refractivity contribution is 5.97. The number of phenolic OH excluding ortho intramolecular Hbond substituents is 1. The number of primary amides is 1. The zero-order valence-corrected chi connectivity index (χ0v) is 29.0. The van der Waals surface area contributed by atoms with Crippen LogP contribution in [-0.2, 0) is 46.4 Å². The van der Waals surface area contributed by atoms with E-state index >= 15 is 0 Å². The molecule has 2 aliphatic heterocycles. The Morgan fingerprint density at radius 2 is 1.56 bits per heavy atom. The van der Waals surface area contributed by atoms with Gasteiger partial charge in [0.1, 0.15) is 29.9 Å². The van der Waals surface area contributed by atoms with Crippen molar-refractivity contribution >= 4 is 41.4 Å². The van der Waals surface area contributed by atoms with Crippen LogP contribution in [0.25, 0.3) is 0 Å². The van der Waals surface area contributed by atoms with Gasteiger partial charge in [0.15, 0.2) is 0 Å². The van der Waals surface area contributed by atoms with E-state index in [-0.39, 0.29) is 38.1 Å². The number of rotatable bonds is 8. The van der Waals surface area contributed by atoms with Crippen molar-refractivity contribution < 1.29 is 38.7 Å². The number of nitrogens with two attached hydrogens (primary N) is 2. The van der Waals surface area contributed by atoms with Crippen LogP contribution in [0.4, 0.5) is 0 Å². The van der Waals surface area contributed by atoms with E-state index in [0.29, 0.717) is 43.2 Å². The SMILES string of the molecule is NC(=O)[C@H]1CCCCN1C(=O)[C@H]1CC(=O)NCCCC[C@@H](NC(=O)[C@@H](N)Cc2ccc(O)cc2)C(=O)NCC(=O)N[C@@H](Cc2ccccc2)C(=O)N1. The summed E-state index contributed by atoms with van der Waals surface area (Å²) in [5.41, 5.74) is 13.1. The molecule has 0 spiro atoms. The van der Waals surface area contributed by atoms with E-state index in [4.69, 9.17) is 11.5 Å². The minimum absolute atomic E-state index is 0.0185. The average molecular weight is 721 g/mol. The summed E-state index contributed by atoms with van der Waals surface area (Å²) in [4.78, 5) is 93.8. The van der Waals surface area contributed by atoms with Gasteiger partial charge in [-0.25, -0.2) is 0 Å². The third-order valence-corrected chi connectivity index (χ3v) is 9.08. The van der Waals surface area contributed by atoms with E-state index in [1.54, 1.807) is 42.5 Å². The summed E-state index contributed by atoms with van der Waals surface area (Å²) >= 11 is 0. The van der Waals surface area contributed by atoms with Crippen molar-refractivity contribution in [2.75, 3.05) is 19.6 Å². The van der Waals surface area contributed by atoms with Gasteiger partial charge >= 0.3 is 0 Å². The molecule has 2 aliphatic rings. The van der Waals surface area contributed by atoms with E-state index in [1.165, 1.54) is 17.0 Å². The summed E-state index contributed by atoms with van der Waals surface area (Å²) in [6.45, 7) is -0.135. The molecule has 0 unspecified atom stereocenters. The van der Waals surface area contributed by atoms with Crippen LogP contribution >= 0.6 is 0 Å². The predicted molar refractivity (Wildman–Crippen MR) is 189 cm³/mol. The predicted octanol–water partition coefficient (Wildman–Crippen LogP) is -1.37. The quantitative estimate of drug-likeness (QED) is 0.160. The van der Waals surface area contributed by atoms with Crippen LogP contribution in [0.15, 0.2) is 54.6 Å². The van der Waals surface area contributed by atoms with Gasteiger partial charge in [-0.15, -0.1) is 0 Å². The summed E-state index contributed by atoms with van der Waals surface area (Å²) in [6, 6.07) is 9.48. The van der Waals surface area contributed by atoms with Crippen molar-refractivity contribution in [3.8, 4) is 5.75 Å². The second-order valence-corrected chi connectivity index (χ2v) is 13.1. The topological polar surface area (TPSA) is 255 Å². The number of benzene rings is 2. The second kappa shape index (κ2) is 19.2. The molecule has 0 bridgehead atoms. The third-order valence-electron chi connectivity index (χ3n) is 9.08. The number of nitrogens with zero attached hydrogens (tertiary/aromatic N) is 1. The van der Waals surface area contributed by atoms with Crippen molar-refractivity contribution in [1.29, 1.82) is 0 Å². The molecule has 0 aromatic heterocycles. The van der Waals surface area contributed by atoms with Gasteiger partial charge in [0.05, 0.1) is 19.0 Å². The number of hydrogen-bond acceptors (Lipinski definition) is 9. The maximum Gasteiger partial charge on any atom is 0.246 e. The lowest BCUT2D eigenvalue weighted by Gasteiger charge is -2.36. The zero-order valence-electron chi connectivity index (χ0n) is 29.0. The molecule has 4 rings (SSSR count). The molecule has 7 amide bonds. The van der Waals surface area contributed by atoms with Crippen LogP contribution in [0.1, 0.15) is 56.1 Å². The number of likely N-dealkylation sites (tertiary alicyclic amines) is 1. The summed E-state index contributed by atoms with van der Waals surface area (Å²) in [7, 11) is 0. The van der Waals surface area contributed by atoms with E-state index in [2.05, 4.69) is 26.6 Å². The molecular formula is C36H48N8O8. The van der Waals surface area contributed by atoms with Gasteiger partial charge in [-0.1, -0.05) is 42.5 Å². The molecule has 2 fully saturated rings. The molecule has 2 aromatic carbocycles. The van der Waals surface area contributed by atoms with Crippen molar-refractivity contribution in [2.45, 2.75) is 88.0 Å². The van der Waals surface area contributed by atoms with Crippen molar-refractivity contribution in [3.63, 3.8) is 0 Å². The smallest absolute Gasteiger partial charge is 0.246 e. The van der Waals surface area contributed by atoms with E-state index in [0.717, 1.165) is 0 Å². The highest BCUT2D eigenvalue weighted by Crippen LogP contribution is 2.19. The Labute approximate surface area is 301 Å². The van der Waals surface area contributed by atoms with Gasteiger partial charge in [0.2, 0.25) is 41.4 Å². The lowest BCUT2D eigenvalue weighted by atomic mass is 9.99. The number of carbonyl (C=O) groups excluding carboxylic acids is 7. The molecule has 16 heteroatoms. The zero-order chi connectivity index (χ0) is 37.6. The summed E-state index contributed by atoms with van der Waals surface area (Å²) in [6.07, 6.45) is 2.32. The molecule has 280 valence electrons. The standard InChI is InChI=1S/C36H48N8O8/c37-25(18-23-12-14-24(45)15-13-23)33(49)42-26-10-4-6-16-39-30(46)20-28(36(52)44-17-7-5-11-29(44)32(38)48)43-35(51)27(19-22-8-2-1-3-9-22)41-31(47)21-40-34(26)50/h1-3,8-9,12-15,25-29,45H,4-7,10-11,16-21,37H2,(H2,38,48)(H,39,46)(H,40,50)(H,41,47)(H,42,49)(H,43,51)/t25-,26+,27-,28+,29+/m0/s1. The molecule has 52 heavy (non-hydrogen) atoms. The summed E-state index contributed by atoms with van der Waals surface area (Å²) in [5.74, 6) is -4.50. The first kappa shape index (κ1) is 39.3. The monoisotopic (exact) mass is 720 g/mol. The second-order valence-electron chi connectivity index (χ2n) is 13.1. The molecule has 5 atom stereocenters. The fourth-order valence-corrected chi connectivity index (χ4v) is 6.24. The van der Waals surface area contributed by atoms with Gasteiger partial charge < -0.3 is 48.1 Å². The van der Waals surface area contributed by atoms with Gasteiger partial charge in [-0.3, -0.25) is 33.6 Å². The first-order valence-electron chi connectivity index (χ1n) is 17.5. The number of amides is 7. The third kappa shape index (κ3) is 11.8. The highest BCUT2D eigenvalue weighted by Gasteiger charge is 2.37. The van der Waals surface area contributed by atoms with Crippen LogP contribution in [0, 0.1) is 0 Å². The normalized spacial score (nSPS) is 23.1. The van der Waals surface area contributed by atoms with Crippen LogP contribution in [0.5, 0.6) is 5.75 Å². The fourth-order valence-electron chi connectivity index (χ4n) is 6.24. The molecule has 2 heterocycles. The number of phenols is 1. The van der Waals surface area contributed by atoms with E-state index in [9.17, 15) is 38.7 Å². The Morgan fingerprint density at radius 1 is 0.846 bits per heavy atom. The Hall–Kier alpha value is -5.51. The highest BCUT2D eigenvalue weighted by atomic mass is 16.3. The van der Waals surface area contributed by atoms with Crippen LogP contribution in [0.3, 0.4) is 0 Å². The molecular weight excluding hydrogens is 672 g/mol. The molecule has 0 radical (unpaired) electrons. The Morgan fingerprint density at radius 3 is 2.27 bits per heavy atom. The van der Waals surface area contributed by atoms with Gasteiger partial charge in [-0.2, -0.15) is 0 Å². The molecule has 2 saturated heterocycles. The van der Waals surface area contributed by atoms with Gasteiger partial charge in [-0.05, 0) is 68.2 Å². The average Bonchev–Trinajstić information content (AvgIpc) is 3.13. The molecule has 0 saturated carbocycles. The molecule has 2 aromatic rings. The van der Waals surface area contributed by atoms with Crippen molar-refractivity contribution in [1.82, 2.24) is 31.5 Å². The first-order valence-corrected chi connectivity index (χ1v) is 17.5. The number of aromatic hydroxyl groups is 1. The molecule has 10 N–H and O–H groups in total. The number of carbonyl (C=O) groups is 7. The lowest BCUT2D eigenvalue weighted by molar-refractivity contribution is -0.145. The van der Waals surface area contributed by atoms with Crippen LogP contribution in [-0.4, -0.2) is 101 Å². The maximum absolute atomic E-state index is 13.8. The first-order chi connectivity index (χ1) is 24.9. The number of piperidine rings is 1.